The molecule has 2 amide bonds. The van der Waals surface area contributed by atoms with E-state index in [1.54, 1.807) is 6.07 Å². The molecular formula is C27H32F7N3O3. The molecule has 2 aromatic rings. The number of aliphatic hydroxyl groups is 2. The molecule has 40 heavy (non-hydrogen) atoms. The summed E-state index contributed by atoms with van der Waals surface area (Å²) in [5.41, 5.74) is -6.10. The summed E-state index contributed by atoms with van der Waals surface area (Å²) in [6.45, 7) is 4.60. The molecule has 13 heteroatoms. The fraction of sp³-hybridized carbons (Fsp3) is 0.519. The summed E-state index contributed by atoms with van der Waals surface area (Å²) in [6, 6.07) is 7.47. The molecule has 4 N–H and O–H groups in total. The van der Waals surface area contributed by atoms with E-state index in [0.717, 1.165) is 30.5 Å². The minimum absolute atomic E-state index is 0.00161. The Hall–Kier alpha value is -2.90. The average Bonchev–Trinajstić information content (AvgIpc) is 2.84. The summed E-state index contributed by atoms with van der Waals surface area (Å²) in [5.74, 6) is -0.361. The third-order valence-electron chi connectivity index (χ3n) is 6.79. The fourth-order valence-corrected chi connectivity index (χ4v) is 4.53. The van der Waals surface area contributed by atoms with Crippen LogP contribution in [0.4, 0.5) is 41.2 Å². The maximum atomic E-state index is 14.5. The number of urea groups is 1. The van der Waals surface area contributed by atoms with Crippen molar-refractivity contribution in [1.82, 2.24) is 10.2 Å². The van der Waals surface area contributed by atoms with Crippen LogP contribution in [0, 0.1) is 11.7 Å². The lowest BCUT2D eigenvalue weighted by molar-refractivity contribution is -0.376. The van der Waals surface area contributed by atoms with Gasteiger partial charge in [-0.2, -0.15) is 26.3 Å². The molecule has 0 aromatic heterocycles. The third kappa shape index (κ3) is 7.85. The zero-order chi connectivity index (χ0) is 29.9. The van der Waals surface area contributed by atoms with Gasteiger partial charge in [-0.05, 0) is 75.4 Å². The standard InChI is InChI=1S/C27H32F7N3O3/c1-24(2,39)16-35-23(38)36-22-8-5-19(14-21(22)28)13-17-9-11-37(12-10-17)15-18-3-6-20(7-4-18)25(40,26(29,30)31)27(32,33)34/h3-8,14,17,39-40H,9-13,15-16H2,1-2H3,(H2,35,36,38). The Kier molecular flexibility index (Phi) is 9.42. The van der Waals surface area contributed by atoms with Gasteiger partial charge in [-0.15, -0.1) is 0 Å². The Bertz CT molecular complexity index is 1140. The second-order valence-electron chi connectivity index (χ2n) is 10.8. The van der Waals surface area contributed by atoms with Gasteiger partial charge in [-0.1, -0.05) is 30.3 Å². The van der Waals surface area contributed by atoms with E-state index < -0.39 is 41.0 Å². The van der Waals surface area contributed by atoms with Crippen LogP contribution in [-0.4, -0.2) is 58.7 Å². The van der Waals surface area contributed by atoms with E-state index >= 15 is 0 Å². The van der Waals surface area contributed by atoms with E-state index in [1.165, 1.54) is 26.0 Å². The summed E-state index contributed by atoms with van der Waals surface area (Å²) in [5, 5.41) is 24.0. The van der Waals surface area contributed by atoms with E-state index in [0.29, 0.717) is 43.8 Å². The molecule has 0 bridgehead atoms. The van der Waals surface area contributed by atoms with Crippen LogP contribution in [0.15, 0.2) is 42.5 Å². The summed E-state index contributed by atoms with van der Waals surface area (Å²) < 4.78 is 93.0. The van der Waals surface area contributed by atoms with Gasteiger partial charge in [-0.25, -0.2) is 9.18 Å². The molecule has 0 atom stereocenters. The average molecular weight is 580 g/mol. The number of halogens is 7. The number of nitrogens with zero attached hydrogens (tertiary/aromatic N) is 1. The molecule has 1 fully saturated rings. The molecule has 0 aliphatic carbocycles. The van der Waals surface area contributed by atoms with Gasteiger partial charge in [0.05, 0.1) is 11.3 Å². The Morgan fingerprint density at radius 3 is 1.98 bits per heavy atom. The second kappa shape index (κ2) is 11.9. The van der Waals surface area contributed by atoms with E-state index in [2.05, 4.69) is 10.6 Å². The van der Waals surface area contributed by atoms with Crippen molar-refractivity contribution in [3.05, 3.63) is 65.0 Å². The van der Waals surface area contributed by atoms with E-state index in [1.807, 2.05) is 4.90 Å². The van der Waals surface area contributed by atoms with Crippen molar-refractivity contribution in [2.24, 2.45) is 5.92 Å². The summed E-state index contributed by atoms with van der Waals surface area (Å²) in [6.07, 6.45) is -9.76. The number of rotatable bonds is 8. The van der Waals surface area contributed by atoms with Crippen molar-refractivity contribution in [3.8, 4) is 0 Å². The molecule has 222 valence electrons. The third-order valence-corrected chi connectivity index (χ3v) is 6.79. The van der Waals surface area contributed by atoms with Crippen molar-refractivity contribution in [3.63, 3.8) is 0 Å². The zero-order valence-corrected chi connectivity index (χ0v) is 22.0. The van der Waals surface area contributed by atoms with Crippen molar-refractivity contribution < 1.29 is 45.7 Å². The highest BCUT2D eigenvalue weighted by Gasteiger charge is 2.71. The maximum absolute atomic E-state index is 14.5. The number of nitrogens with one attached hydrogen (secondary N) is 2. The number of hydrogen-bond donors (Lipinski definition) is 4. The number of alkyl halides is 6. The first-order valence-electron chi connectivity index (χ1n) is 12.6. The number of carbonyl (C=O) groups is 1. The highest BCUT2D eigenvalue weighted by molar-refractivity contribution is 5.89. The first kappa shape index (κ1) is 31.6. The molecule has 1 saturated heterocycles. The fourth-order valence-electron chi connectivity index (χ4n) is 4.53. The van der Waals surface area contributed by atoms with Gasteiger partial charge in [0.1, 0.15) is 5.82 Å². The number of amides is 2. The molecular weight excluding hydrogens is 547 g/mol. The first-order valence-corrected chi connectivity index (χ1v) is 12.6. The molecule has 1 aliphatic heterocycles. The smallest absolute Gasteiger partial charge is 0.389 e. The lowest BCUT2D eigenvalue weighted by Gasteiger charge is -2.33. The Morgan fingerprint density at radius 1 is 0.925 bits per heavy atom. The lowest BCUT2D eigenvalue weighted by Crippen LogP contribution is -2.53. The zero-order valence-electron chi connectivity index (χ0n) is 22.0. The predicted octanol–water partition coefficient (Wildman–Crippen LogP) is 5.49. The lowest BCUT2D eigenvalue weighted by atomic mass is 9.89. The topological polar surface area (TPSA) is 84.8 Å². The van der Waals surface area contributed by atoms with Crippen molar-refractivity contribution in [2.75, 3.05) is 25.0 Å². The Morgan fingerprint density at radius 2 is 1.48 bits per heavy atom. The quantitative estimate of drug-likeness (QED) is 0.312. The van der Waals surface area contributed by atoms with E-state index in [9.17, 15) is 45.7 Å². The van der Waals surface area contributed by atoms with Crippen molar-refractivity contribution in [2.45, 2.75) is 63.2 Å². The van der Waals surface area contributed by atoms with Gasteiger partial charge >= 0.3 is 18.4 Å². The molecule has 0 radical (unpaired) electrons. The molecule has 2 aromatic carbocycles. The van der Waals surface area contributed by atoms with Gasteiger partial charge in [0, 0.05) is 18.7 Å². The van der Waals surface area contributed by atoms with Gasteiger partial charge in [-0.3, -0.25) is 4.90 Å². The highest BCUT2D eigenvalue weighted by atomic mass is 19.4. The molecule has 3 rings (SSSR count). The summed E-state index contributed by atoms with van der Waals surface area (Å²) in [7, 11) is 0. The van der Waals surface area contributed by atoms with Gasteiger partial charge in [0.2, 0.25) is 0 Å². The summed E-state index contributed by atoms with van der Waals surface area (Å²) in [4.78, 5) is 13.9. The number of piperidine rings is 1. The van der Waals surface area contributed by atoms with Crippen molar-refractivity contribution in [1.29, 1.82) is 0 Å². The molecule has 0 saturated carbocycles. The normalized spacial score (nSPS) is 16.2. The number of hydrogen-bond acceptors (Lipinski definition) is 4. The van der Waals surface area contributed by atoms with Crippen LogP contribution in [-0.2, 0) is 18.6 Å². The second-order valence-corrected chi connectivity index (χ2v) is 10.8. The van der Waals surface area contributed by atoms with E-state index in [4.69, 9.17) is 0 Å². The van der Waals surface area contributed by atoms with Gasteiger partial charge < -0.3 is 20.8 Å². The Balaban J connectivity index is 1.52. The van der Waals surface area contributed by atoms with Crippen LogP contribution >= 0.6 is 0 Å². The SMILES string of the molecule is CC(C)(O)CNC(=O)Nc1ccc(CC2CCN(Cc3ccc(C(O)(C(F)(F)F)C(F)(F)F)cc3)CC2)cc1F. The summed E-state index contributed by atoms with van der Waals surface area (Å²) >= 11 is 0. The largest absolute Gasteiger partial charge is 0.430 e. The minimum Gasteiger partial charge on any atom is -0.389 e. The first-order chi connectivity index (χ1) is 18.4. The van der Waals surface area contributed by atoms with Gasteiger partial charge in [0.25, 0.3) is 5.60 Å². The highest BCUT2D eigenvalue weighted by Crippen LogP contribution is 2.50. The van der Waals surface area contributed by atoms with Crippen LogP contribution in [0.3, 0.4) is 0 Å². The molecule has 6 nitrogen and oxygen atoms in total. The van der Waals surface area contributed by atoms with Crippen LogP contribution in [0.1, 0.15) is 43.4 Å². The number of carbonyl (C=O) groups excluding carboxylic acids is 1. The van der Waals surface area contributed by atoms with Crippen LogP contribution < -0.4 is 10.6 Å². The number of anilines is 1. The van der Waals surface area contributed by atoms with Crippen LogP contribution in [0.25, 0.3) is 0 Å². The van der Waals surface area contributed by atoms with Gasteiger partial charge in [0.15, 0.2) is 0 Å². The van der Waals surface area contributed by atoms with Crippen LogP contribution in [0.5, 0.6) is 0 Å². The van der Waals surface area contributed by atoms with Crippen LogP contribution in [0.2, 0.25) is 0 Å². The molecule has 0 spiro atoms. The monoisotopic (exact) mass is 579 g/mol. The molecule has 1 heterocycles. The minimum atomic E-state index is -5.93. The molecule has 0 unspecified atom stereocenters. The number of benzene rings is 2. The predicted molar refractivity (Wildman–Crippen MR) is 134 cm³/mol. The Labute approximate surface area is 227 Å². The van der Waals surface area contributed by atoms with E-state index in [-0.39, 0.29) is 18.2 Å². The number of likely N-dealkylation sites (tertiary alicyclic amines) is 1. The maximum Gasteiger partial charge on any atom is 0.430 e. The van der Waals surface area contributed by atoms with Crippen molar-refractivity contribution >= 4 is 11.7 Å². The molecule has 1 aliphatic rings.